The number of carbonyl (C=O) groups is 1. The Bertz CT molecular complexity index is 691. The molecule has 0 spiro atoms. The van der Waals surface area contributed by atoms with Crippen molar-refractivity contribution in [1.29, 1.82) is 0 Å². The molecule has 0 saturated carbocycles. The van der Waals surface area contributed by atoms with Crippen LogP contribution in [0.4, 0.5) is 0 Å². The lowest BCUT2D eigenvalue weighted by Crippen LogP contribution is -2.46. The molecule has 7 heteroatoms. The first-order chi connectivity index (χ1) is 11.1. The Kier molecular flexibility index (Phi) is 4.49. The molecule has 0 amide bonds. The van der Waals surface area contributed by atoms with E-state index >= 15 is 0 Å². The fourth-order valence-corrected chi connectivity index (χ4v) is 3.02. The molecule has 0 bridgehead atoms. The monoisotopic (exact) mass is 318 g/mol. The molecule has 7 nitrogen and oxygen atoms in total. The van der Waals surface area contributed by atoms with Gasteiger partial charge in [-0.25, -0.2) is 9.78 Å². The number of aryl methyl sites for hydroxylation is 2. The van der Waals surface area contributed by atoms with Crippen LogP contribution in [-0.4, -0.2) is 47.2 Å². The van der Waals surface area contributed by atoms with Gasteiger partial charge >= 0.3 is 5.97 Å². The van der Waals surface area contributed by atoms with Crippen LogP contribution in [0.25, 0.3) is 0 Å². The van der Waals surface area contributed by atoms with Crippen molar-refractivity contribution in [3.63, 3.8) is 0 Å². The average molecular weight is 318 g/mol. The topological polar surface area (TPSA) is 72.5 Å². The lowest BCUT2D eigenvalue weighted by atomic mass is 10.1. The van der Waals surface area contributed by atoms with Crippen LogP contribution >= 0.6 is 0 Å². The zero-order valence-corrected chi connectivity index (χ0v) is 13.7. The van der Waals surface area contributed by atoms with Gasteiger partial charge in [0.25, 0.3) is 0 Å². The van der Waals surface area contributed by atoms with E-state index in [1.807, 2.05) is 24.0 Å². The van der Waals surface area contributed by atoms with Gasteiger partial charge in [-0.05, 0) is 13.0 Å². The largest absolute Gasteiger partial charge is 0.465 e. The molecule has 1 atom stereocenters. The number of nitrogens with zero attached hydrogens (tertiary/aromatic N) is 3. The summed E-state index contributed by atoms with van der Waals surface area (Å²) in [5.74, 6) is 2.02. The molecule has 1 N–H and O–H groups in total. The third-order valence-corrected chi connectivity index (χ3v) is 4.24. The molecule has 1 aliphatic heterocycles. The van der Waals surface area contributed by atoms with Gasteiger partial charge in [0.1, 0.15) is 22.9 Å². The minimum absolute atomic E-state index is 0.177. The number of rotatable bonds is 4. The number of esters is 1. The van der Waals surface area contributed by atoms with Crippen molar-refractivity contribution in [2.75, 3.05) is 26.7 Å². The Morgan fingerprint density at radius 1 is 1.57 bits per heavy atom. The van der Waals surface area contributed by atoms with E-state index < -0.39 is 0 Å². The van der Waals surface area contributed by atoms with Gasteiger partial charge in [0.2, 0.25) is 0 Å². The predicted molar refractivity (Wildman–Crippen MR) is 84.0 cm³/mol. The average Bonchev–Trinajstić information content (AvgIpc) is 3.13. The van der Waals surface area contributed by atoms with Crippen LogP contribution < -0.4 is 5.32 Å². The van der Waals surface area contributed by atoms with E-state index in [-0.39, 0.29) is 12.0 Å². The van der Waals surface area contributed by atoms with E-state index in [1.54, 1.807) is 13.0 Å². The Labute approximate surface area is 135 Å². The van der Waals surface area contributed by atoms with Gasteiger partial charge in [0.15, 0.2) is 0 Å². The fraction of sp³-hybridized carbons (Fsp3) is 0.500. The number of ether oxygens (including phenoxy) is 1. The highest BCUT2D eigenvalue weighted by atomic mass is 16.5. The summed E-state index contributed by atoms with van der Waals surface area (Å²) >= 11 is 0. The standard InChI is InChI=1S/C16H22N4O3/c1-11-13(16(21)22-3)8-12(23-11)10-20-7-4-17-9-14(20)15-18-5-6-19(15)2/h5-6,8,14,17H,4,7,9-10H2,1-3H3. The first-order valence-electron chi connectivity index (χ1n) is 7.69. The van der Waals surface area contributed by atoms with Crippen LogP contribution in [0.3, 0.4) is 0 Å². The van der Waals surface area contributed by atoms with Gasteiger partial charge in [-0.1, -0.05) is 0 Å². The molecule has 1 unspecified atom stereocenters. The number of furan rings is 1. The summed E-state index contributed by atoms with van der Waals surface area (Å²) in [5.41, 5.74) is 0.492. The molecule has 1 fully saturated rings. The van der Waals surface area contributed by atoms with E-state index in [2.05, 4.69) is 15.2 Å². The summed E-state index contributed by atoms with van der Waals surface area (Å²) in [4.78, 5) is 18.5. The lowest BCUT2D eigenvalue weighted by Gasteiger charge is -2.35. The Balaban J connectivity index is 1.80. The summed E-state index contributed by atoms with van der Waals surface area (Å²) in [6, 6.07) is 1.95. The second kappa shape index (κ2) is 6.55. The van der Waals surface area contributed by atoms with E-state index in [1.165, 1.54) is 7.11 Å². The molecule has 23 heavy (non-hydrogen) atoms. The first-order valence-corrected chi connectivity index (χ1v) is 7.69. The van der Waals surface area contributed by atoms with Gasteiger partial charge < -0.3 is 19.0 Å². The maximum Gasteiger partial charge on any atom is 0.341 e. The van der Waals surface area contributed by atoms with Gasteiger partial charge in [-0.15, -0.1) is 0 Å². The van der Waals surface area contributed by atoms with Gasteiger partial charge in [0.05, 0.1) is 19.7 Å². The van der Waals surface area contributed by atoms with Crippen molar-refractivity contribution in [2.45, 2.75) is 19.5 Å². The van der Waals surface area contributed by atoms with E-state index in [9.17, 15) is 4.79 Å². The normalized spacial score (nSPS) is 19.0. The van der Waals surface area contributed by atoms with Gasteiger partial charge in [-0.3, -0.25) is 4.90 Å². The fourth-order valence-electron chi connectivity index (χ4n) is 3.02. The number of hydrogen-bond acceptors (Lipinski definition) is 6. The highest BCUT2D eigenvalue weighted by Gasteiger charge is 2.28. The van der Waals surface area contributed by atoms with E-state index in [0.717, 1.165) is 31.2 Å². The maximum atomic E-state index is 11.7. The molecule has 3 rings (SSSR count). The quantitative estimate of drug-likeness (QED) is 0.856. The number of piperazine rings is 1. The SMILES string of the molecule is COC(=O)c1cc(CN2CCNCC2c2nccn2C)oc1C. The second-order valence-electron chi connectivity index (χ2n) is 5.76. The minimum Gasteiger partial charge on any atom is -0.465 e. The summed E-state index contributed by atoms with van der Waals surface area (Å²) in [5, 5.41) is 3.41. The lowest BCUT2D eigenvalue weighted by molar-refractivity contribution is 0.0599. The Hall–Kier alpha value is -2.12. The molecule has 0 aliphatic carbocycles. The molecular formula is C16H22N4O3. The van der Waals surface area contributed by atoms with Crippen LogP contribution in [-0.2, 0) is 18.3 Å². The van der Waals surface area contributed by atoms with Crippen LogP contribution in [0, 0.1) is 6.92 Å². The van der Waals surface area contributed by atoms with E-state index in [4.69, 9.17) is 9.15 Å². The highest BCUT2D eigenvalue weighted by Crippen LogP contribution is 2.24. The van der Waals surface area contributed by atoms with E-state index in [0.29, 0.717) is 17.9 Å². The maximum absolute atomic E-state index is 11.7. The molecule has 1 saturated heterocycles. The second-order valence-corrected chi connectivity index (χ2v) is 5.76. The third-order valence-electron chi connectivity index (χ3n) is 4.24. The van der Waals surface area contributed by atoms with Crippen LogP contribution in [0.15, 0.2) is 22.9 Å². The molecule has 3 heterocycles. The molecule has 0 aromatic carbocycles. The summed E-state index contributed by atoms with van der Waals surface area (Å²) in [7, 11) is 3.38. The van der Waals surface area contributed by atoms with Crippen LogP contribution in [0.5, 0.6) is 0 Å². The number of carbonyl (C=O) groups excluding carboxylic acids is 1. The number of imidazole rings is 1. The van der Waals surface area contributed by atoms with Crippen molar-refractivity contribution in [2.24, 2.45) is 7.05 Å². The first kappa shape index (κ1) is 15.8. The van der Waals surface area contributed by atoms with Crippen molar-refractivity contribution < 1.29 is 13.9 Å². The van der Waals surface area contributed by atoms with Crippen molar-refractivity contribution in [1.82, 2.24) is 19.8 Å². The Morgan fingerprint density at radius 2 is 2.39 bits per heavy atom. The molecular weight excluding hydrogens is 296 g/mol. The molecule has 1 aliphatic rings. The van der Waals surface area contributed by atoms with Gasteiger partial charge in [-0.2, -0.15) is 0 Å². The number of nitrogens with one attached hydrogen (secondary N) is 1. The summed E-state index contributed by atoms with van der Waals surface area (Å²) in [6.07, 6.45) is 3.77. The number of hydrogen-bond donors (Lipinski definition) is 1. The molecule has 2 aromatic rings. The third kappa shape index (κ3) is 3.16. The smallest absolute Gasteiger partial charge is 0.341 e. The van der Waals surface area contributed by atoms with Gasteiger partial charge in [0, 0.05) is 39.1 Å². The minimum atomic E-state index is -0.363. The van der Waals surface area contributed by atoms with Crippen molar-refractivity contribution in [3.8, 4) is 0 Å². The molecule has 2 aromatic heterocycles. The highest BCUT2D eigenvalue weighted by molar-refractivity contribution is 5.90. The zero-order valence-electron chi connectivity index (χ0n) is 13.7. The molecule has 0 radical (unpaired) electrons. The Morgan fingerprint density at radius 3 is 3.09 bits per heavy atom. The summed E-state index contributed by atoms with van der Waals surface area (Å²) in [6.45, 7) is 5.07. The van der Waals surface area contributed by atoms with Crippen LogP contribution in [0.1, 0.15) is 33.7 Å². The number of aromatic nitrogens is 2. The molecule has 124 valence electrons. The predicted octanol–water partition coefficient (Wildman–Crippen LogP) is 1.25. The van der Waals surface area contributed by atoms with Crippen molar-refractivity contribution >= 4 is 5.97 Å². The van der Waals surface area contributed by atoms with Crippen LogP contribution in [0.2, 0.25) is 0 Å². The zero-order chi connectivity index (χ0) is 16.4. The number of methoxy groups -OCH3 is 1. The summed E-state index contributed by atoms with van der Waals surface area (Å²) < 4.78 is 12.6. The van der Waals surface area contributed by atoms with Crippen molar-refractivity contribution in [3.05, 3.63) is 41.4 Å².